The molecule has 5 heteroatoms. The highest BCUT2D eigenvalue weighted by Crippen LogP contribution is 2.33. The second-order valence-electron chi connectivity index (χ2n) is 5.67. The number of ether oxygens (including phenoxy) is 1. The first-order valence-corrected chi connectivity index (χ1v) is 7.61. The van der Waals surface area contributed by atoms with Gasteiger partial charge in [0.05, 0.1) is 6.20 Å². The van der Waals surface area contributed by atoms with E-state index in [0.29, 0.717) is 17.7 Å². The number of pyridine rings is 1. The fraction of sp³-hybridized carbons (Fsp3) is 0.294. The maximum absolute atomic E-state index is 6.06. The lowest BCUT2D eigenvalue weighted by molar-refractivity contribution is 0.310. The minimum absolute atomic E-state index is 0.411. The summed E-state index contributed by atoms with van der Waals surface area (Å²) in [6, 6.07) is 6.01. The van der Waals surface area contributed by atoms with Gasteiger partial charge in [0.25, 0.3) is 0 Å². The number of hydrogen-bond acceptors (Lipinski definition) is 3. The fourth-order valence-electron chi connectivity index (χ4n) is 2.55. The molecule has 0 radical (unpaired) electrons. The van der Waals surface area contributed by atoms with E-state index in [4.69, 9.17) is 16.3 Å². The second kappa shape index (κ2) is 5.97. The Hall–Kier alpha value is -2.07. The van der Waals surface area contributed by atoms with Crippen LogP contribution in [0.15, 0.2) is 36.8 Å². The Bertz CT molecular complexity index is 811. The second-order valence-corrected chi connectivity index (χ2v) is 6.06. The van der Waals surface area contributed by atoms with Gasteiger partial charge < -0.3 is 4.74 Å². The van der Waals surface area contributed by atoms with Crippen molar-refractivity contribution in [3.8, 4) is 5.75 Å². The van der Waals surface area contributed by atoms with Gasteiger partial charge in [-0.15, -0.1) is 0 Å². The molecule has 0 aliphatic heterocycles. The lowest BCUT2D eigenvalue weighted by Crippen LogP contribution is -1.98. The minimum Gasteiger partial charge on any atom is -0.488 e. The van der Waals surface area contributed by atoms with Gasteiger partial charge in [0.1, 0.15) is 17.5 Å². The first kappa shape index (κ1) is 14.9. The molecule has 3 rings (SSSR count). The first-order valence-electron chi connectivity index (χ1n) is 7.23. The van der Waals surface area contributed by atoms with Crippen LogP contribution in [0, 0.1) is 0 Å². The van der Waals surface area contributed by atoms with Crippen LogP contribution in [0.1, 0.15) is 30.9 Å². The molecule has 4 nitrogen and oxygen atoms in total. The van der Waals surface area contributed by atoms with Crippen molar-refractivity contribution in [1.82, 2.24) is 14.8 Å². The lowest BCUT2D eigenvalue weighted by Gasteiger charge is -2.14. The van der Waals surface area contributed by atoms with Gasteiger partial charge in [0.2, 0.25) is 0 Å². The van der Waals surface area contributed by atoms with E-state index in [1.807, 2.05) is 25.4 Å². The predicted molar refractivity (Wildman–Crippen MR) is 88.4 cm³/mol. The zero-order chi connectivity index (χ0) is 15.7. The number of rotatable bonds is 4. The van der Waals surface area contributed by atoms with Crippen LogP contribution in [0.2, 0.25) is 5.15 Å². The molecular formula is C17H18ClN3O. The Balaban J connectivity index is 1.98. The monoisotopic (exact) mass is 315 g/mol. The van der Waals surface area contributed by atoms with Crippen LogP contribution in [-0.4, -0.2) is 14.8 Å². The SMILES string of the molecule is CC(C)c1ccc(OCc2cnn(C)c2)c2cnc(Cl)cc12. The van der Waals surface area contributed by atoms with Crippen LogP contribution in [-0.2, 0) is 13.7 Å². The number of benzene rings is 1. The summed E-state index contributed by atoms with van der Waals surface area (Å²) in [7, 11) is 1.89. The molecule has 0 unspecified atom stereocenters. The van der Waals surface area contributed by atoms with Gasteiger partial charge in [-0.3, -0.25) is 4.68 Å². The van der Waals surface area contributed by atoms with Crippen LogP contribution in [0.4, 0.5) is 0 Å². The average molecular weight is 316 g/mol. The molecule has 0 amide bonds. The molecule has 22 heavy (non-hydrogen) atoms. The Morgan fingerprint density at radius 3 is 2.73 bits per heavy atom. The third-order valence-electron chi connectivity index (χ3n) is 3.64. The number of nitrogens with zero attached hydrogens (tertiary/aromatic N) is 3. The lowest BCUT2D eigenvalue weighted by atomic mass is 9.97. The Labute approximate surface area is 134 Å². The topological polar surface area (TPSA) is 39.9 Å². The molecule has 0 saturated carbocycles. The summed E-state index contributed by atoms with van der Waals surface area (Å²) in [5.41, 5.74) is 2.28. The standard InChI is InChI=1S/C17H18ClN3O/c1-11(2)13-4-5-16(15-8-19-17(18)6-14(13)15)22-10-12-7-20-21(3)9-12/h4-9,11H,10H2,1-3H3. The normalized spacial score (nSPS) is 11.3. The quantitative estimate of drug-likeness (QED) is 0.673. The third-order valence-corrected chi connectivity index (χ3v) is 3.84. The van der Waals surface area contributed by atoms with E-state index in [9.17, 15) is 0 Å². The molecule has 0 atom stereocenters. The highest BCUT2D eigenvalue weighted by atomic mass is 35.5. The first-order chi connectivity index (χ1) is 10.5. The van der Waals surface area contributed by atoms with Crippen LogP contribution in [0.3, 0.4) is 0 Å². The van der Waals surface area contributed by atoms with E-state index in [0.717, 1.165) is 22.1 Å². The summed E-state index contributed by atoms with van der Waals surface area (Å²) in [5.74, 6) is 1.22. The number of halogens is 1. The molecule has 0 aliphatic rings. The van der Waals surface area contributed by atoms with Gasteiger partial charge >= 0.3 is 0 Å². The van der Waals surface area contributed by atoms with Gasteiger partial charge in [-0.25, -0.2) is 4.98 Å². The number of aromatic nitrogens is 3. The van der Waals surface area contributed by atoms with Gasteiger partial charge in [0.15, 0.2) is 0 Å². The summed E-state index contributed by atoms with van der Waals surface area (Å²) in [4.78, 5) is 4.20. The maximum atomic E-state index is 6.06. The van der Waals surface area contributed by atoms with E-state index >= 15 is 0 Å². The molecule has 114 valence electrons. The summed E-state index contributed by atoms with van der Waals surface area (Å²) >= 11 is 6.06. The van der Waals surface area contributed by atoms with Crippen LogP contribution in [0.5, 0.6) is 5.75 Å². The molecule has 1 aromatic carbocycles. The molecule has 3 aromatic rings. The molecule has 0 saturated heterocycles. The maximum Gasteiger partial charge on any atom is 0.129 e. The highest BCUT2D eigenvalue weighted by molar-refractivity contribution is 6.30. The van der Waals surface area contributed by atoms with Crippen molar-refractivity contribution in [2.75, 3.05) is 0 Å². The van der Waals surface area contributed by atoms with Crippen molar-refractivity contribution >= 4 is 22.4 Å². The molecule has 0 N–H and O–H groups in total. The molecule has 0 spiro atoms. The van der Waals surface area contributed by atoms with E-state index in [1.165, 1.54) is 5.56 Å². The Kier molecular flexibility index (Phi) is 4.03. The summed E-state index contributed by atoms with van der Waals surface area (Å²) < 4.78 is 7.72. The molecule has 2 aromatic heterocycles. The number of aryl methyl sites for hydroxylation is 1. The summed E-state index contributed by atoms with van der Waals surface area (Å²) in [5, 5.41) is 6.73. The van der Waals surface area contributed by atoms with Gasteiger partial charge in [-0.05, 0) is 29.0 Å². The van der Waals surface area contributed by atoms with Crippen molar-refractivity contribution in [3.63, 3.8) is 0 Å². The van der Waals surface area contributed by atoms with Crippen molar-refractivity contribution in [1.29, 1.82) is 0 Å². The zero-order valence-electron chi connectivity index (χ0n) is 12.9. The summed E-state index contributed by atoms with van der Waals surface area (Å²) in [6.45, 7) is 4.81. The third kappa shape index (κ3) is 2.92. The number of fused-ring (bicyclic) bond motifs is 1. The van der Waals surface area contributed by atoms with E-state index < -0.39 is 0 Å². The van der Waals surface area contributed by atoms with Crippen molar-refractivity contribution < 1.29 is 4.74 Å². The molecule has 0 fully saturated rings. The Morgan fingerprint density at radius 2 is 2.05 bits per heavy atom. The summed E-state index contributed by atoms with van der Waals surface area (Å²) in [6.07, 6.45) is 5.53. The molecule has 0 bridgehead atoms. The average Bonchev–Trinajstić information content (AvgIpc) is 2.89. The minimum atomic E-state index is 0.411. The molecule has 0 aliphatic carbocycles. The highest BCUT2D eigenvalue weighted by Gasteiger charge is 2.11. The number of hydrogen-bond donors (Lipinski definition) is 0. The van der Waals surface area contributed by atoms with Crippen molar-refractivity contribution in [3.05, 3.63) is 53.1 Å². The zero-order valence-corrected chi connectivity index (χ0v) is 13.6. The van der Waals surface area contributed by atoms with Crippen LogP contribution in [0.25, 0.3) is 10.8 Å². The van der Waals surface area contributed by atoms with E-state index in [2.05, 4.69) is 30.0 Å². The van der Waals surface area contributed by atoms with Crippen molar-refractivity contribution in [2.24, 2.45) is 7.05 Å². The largest absolute Gasteiger partial charge is 0.488 e. The van der Waals surface area contributed by atoms with Crippen LogP contribution < -0.4 is 4.74 Å². The fourth-order valence-corrected chi connectivity index (χ4v) is 2.70. The van der Waals surface area contributed by atoms with Gasteiger partial charge in [-0.1, -0.05) is 31.5 Å². The molecular weight excluding hydrogens is 298 g/mol. The van der Waals surface area contributed by atoms with Crippen molar-refractivity contribution in [2.45, 2.75) is 26.4 Å². The van der Waals surface area contributed by atoms with E-state index in [-0.39, 0.29) is 0 Å². The Morgan fingerprint density at radius 1 is 1.23 bits per heavy atom. The van der Waals surface area contributed by atoms with Gasteiger partial charge in [-0.2, -0.15) is 5.10 Å². The predicted octanol–water partition coefficient (Wildman–Crippen LogP) is 4.32. The van der Waals surface area contributed by atoms with Crippen LogP contribution >= 0.6 is 11.6 Å². The molecule has 2 heterocycles. The van der Waals surface area contributed by atoms with E-state index in [1.54, 1.807) is 17.1 Å². The smallest absolute Gasteiger partial charge is 0.129 e. The van der Waals surface area contributed by atoms with Gasteiger partial charge in [0, 0.05) is 30.4 Å².